The number of unbranched alkanes of at least 4 members (excludes halogenated alkanes) is 2. The van der Waals surface area contributed by atoms with Gasteiger partial charge < -0.3 is 15.3 Å². The maximum Gasteiger partial charge on any atom is 0.335 e. The monoisotopic (exact) mass is 380 g/mol. The lowest BCUT2D eigenvalue weighted by molar-refractivity contribution is 0.0180. The van der Waals surface area contributed by atoms with Gasteiger partial charge >= 0.3 is 5.97 Å². The number of carbonyl (C=O) groups is 1. The van der Waals surface area contributed by atoms with Crippen LogP contribution in [0.3, 0.4) is 0 Å². The second kappa shape index (κ2) is 14.6. The van der Waals surface area contributed by atoms with Gasteiger partial charge in [-0.1, -0.05) is 52.7 Å². The van der Waals surface area contributed by atoms with Gasteiger partial charge in [-0.2, -0.15) is 0 Å². The van der Waals surface area contributed by atoms with Gasteiger partial charge in [0.1, 0.15) is 0 Å². The molecule has 0 fully saturated rings. The Hall–Kier alpha value is -1.39. The summed E-state index contributed by atoms with van der Waals surface area (Å²) >= 11 is 0. The summed E-state index contributed by atoms with van der Waals surface area (Å²) < 4.78 is 0. The van der Waals surface area contributed by atoms with E-state index in [0.717, 1.165) is 56.9 Å². The zero-order valence-electron chi connectivity index (χ0n) is 17.9. The Morgan fingerprint density at radius 1 is 0.963 bits per heavy atom. The molecule has 1 rings (SSSR count). The Balaban J connectivity index is 0.000000580. The van der Waals surface area contributed by atoms with Crippen molar-refractivity contribution in [2.24, 2.45) is 5.92 Å². The molecule has 4 heteroatoms. The molecule has 3 unspecified atom stereocenters. The van der Waals surface area contributed by atoms with Crippen LogP contribution in [0.25, 0.3) is 0 Å². The Labute approximate surface area is 165 Å². The second-order valence-electron chi connectivity index (χ2n) is 7.24. The number of aryl methyl sites for hydroxylation is 1. The first-order valence-electron chi connectivity index (χ1n) is 10.5. The van der Waals surface area contributed by atoms with Gasteiger partial charge in [0.2, 0.25) is 0 Å². The SMILES string of the molecule is CCC(O)C(CC)C(C)O.CCCCc1cccc(C(=O)O)c1CCCC. The van der Waals surface area contributed by atoms with Crippen LogP contribution >= 0.6 is 0 Å². The molecule has 3 atom stereocenters. The van der Waals surface area contributed by atoms with E-state index in [-0.39, 0.29) is 18.1 Å². The van der Waals surface area contributed by atoms with E-state index in [1.807, 2.05) is 19.9 Å². The van der Waals surface area contributed by atoms with Crippen molar-refractivity contribution in [3.05, 3.63) is 34.9 Å². The maximum atomic E-state index is 11.2. The van der Waals surface area contributed by atoms with E-state index in [2.05, 4.69) is 19.9 Å². The van der Waals surface area contributed by atoms with Crippen LogP contribution in [-0.2, 0) is 12.8 Å². The van der Waals surface area contributed by atoms with Crippen LogP contribution in [0.15, 0.2) is 18.2 Å². The van der Waals surface area contributed by atoms with Crippen LogP contribution in [0.1, 0.15) is 94.6 Å². The van der Waals surface area contributed by atoms with Crippen molar-refractivity contribution in [1.29, 1.82) is 0 Å². The number of carboxylic acids is 1. The molecule has 27 heavy (non-hydrogen) atoms. The third kappa shape index (κ3) is 9.39. The zero-order chi connectivity index (χ0) is 20.8. The molecule has 0 aliphatic rings. The second-order valence-corrected chi connectivity index (χ2v) is 7.24. The van der Waals surface area contributed by atoms with Crippen molar-refractivity contribution >= 4 is 5.97 Å². The Kier molecular flexibility index (Phi) is 13.9. The molecule has 0 radical (unpaired) electrons. The first-order valence-corrected chi connectivity index (χ1v) is 10.5. The van der Waals surface area contributed by atoms with Crippen molar-refractivity contribution < 1.29 is 20.1 Å². The molecular weight excluding hydrogens is 340 g/mol. The number of hydrogen-bond donors (Lipinski definition) is 3. The maximum absolute atomic E-state index is 11.2. The largest absolute Gasteiger partial charge is 0.478 e. The molecule has 3 N–H and O–H groups in total. The van der Waals surface area contributed by atoms with Gasteiger partial charge in [-0.25, -0.2) is 4.79 Å². The van der Waals surface area contributed by atoms with Gasteiger partial charge in [-0.15, -0.1) is 0 Å². The Bertz CT molecular complexity index is 525. The fourth-order valence-corrected chi connectivity index (χ4v) is 3.32. The molecule has 0 saturated heterocycles. The summed E-state index contributed by atoms with van der Waals surface area (Å²) in [6.07, 6.45) is 7.15. The highest BCUT2D eigenvalue weighted by molar-refractivity contribution is 5.89. The molecule has 1 aromatic rings. The highest BCUT2D eigenvalue weighted by Gasteiger charge is 2.19. The van der Waals surface area contributed by atoms with E-state index in [0.29, 0.717) is 5.56 Å². The summed E-state index contributed by atoms with van der Waals surface area (Å²) in [5.74, 6) is -0.751. The number of benzene rings is 1. The summed E-state index contributed by atoms with van der Waals surface area (Å²) in [4.78, 5) is 11.2. The summed E-state index contributed by atoms with van der Waals surface area (Å²) in [7, 11) is 0. The minimum Gasteiger partial charge on any atom is -0.478 e. The molecule has 4 nitrogen and oxygen atoms in total. The number of rotatable bonds is 11. The van der Waals surface area contributed by atoms with Gasteiger partial charge in [0, 0.05) is 5.92 Å². The third-order valence-electron chi connectivity index (χ3n) is 5.09. The summed E-state index contributed by atoms with van der Waals surface area (Å²) in [6.45, 7) is 9.93. The Morgan fingerprint density at radius 2 is 1.56 bits per heavy atom. The van der Waals surface area contributed by atoms with E-state index in [4.69, 9.17) is 5.11 Å². The number of hydrogen-bond acceptors (Lipinski definition) is 3. The summed E-state index contributed by atoms with van der Waals surface area (Å²) in [6, 6.07) is 5.67. The van der Waals surface area contributed by atoms with E-state index in [1.165, 1.54) is 5.56 Å². The summed E-state index contributed by atoms with van der Waals surface area (Å²) in [5.41, 5.74) is 2.77. The van der Waals surface area contributed by atoms with Gasteiger partial charge in [-0.05, 0) is 62.6 Å². The quantitative estimate of drug-likeness (QED) is 0.491. The summed E-state index contributed by atoms with van der Waals surface area (Å²) in [5, 5.41) is 27.7. The van der Waals surface area contributed by atoms with Crippen molar-refractivity contribution in [3.8, 4) is 0 Å². The smallest absolute Gasteiger partial charge is 0.335 e. The predicted octanol–water partition coefficient (Wildman–Crippen LogP) is 5.23. The minimum atomic E-state index is -0.797. The fraction of sp³-hybridized carbons (Fsp3) is 0.696. The molecular formula is C23H40O4. The number of aliphatic hydroxyl groups is 2. The van der Waals surface area contributed by atoms with Crippen LogP contribution in [0.2, 0.25) is 0 Å². The van der Waals surface area contributed by atoms with Crippen LogP contribution < -0.4 is 0 Å². The lowest BCUT2D eigenvalue weighted by atomic mass is 9.93. The van der Waals surface area contributed by atoms with Crippen molar-refractivity contribution in [1.82, 2.24) is 0 Å². The molecule has 156 valence electrons. The van der Waals surface area contributed by atoms with Crippen LogP contribution in [0.4, 0.5) is 0 Å². The lowest BCUT2D eigenvalue weighted by Gasteiger charge is -2.22. The van der Waals surface area contributed by atoms with Gasteiger partial charge in [0.05, 0.1) is 17.8 Å². The highest BCUT2D eigenvalue weighted by atomic mass is 16.4. The molecule has 0 aliphatic carbocycles. The lowest BCUT2D eigenvalue weighted by Crippen LogP contribution is -2.28. The topological polar surface area (TPSA) is 77.8 Å². The Morgan fingerprint density at radius 3 is 1.96 bits per heavy atom. The van der Waals surface area contributed by atoms with Gasteiger partial charge in [-0.3, -0.25) is 0 Å². The molecule has 0 bridgehead atoms. The van der Waals surface area contributed by atoms with Crippen molar-refractivity contribution in [2.45, 2.75) is 98.2 Å². The number of aliphatic hydroxyl groups excluding tert-OH is 2. The average molecular weight is 381 g/mol. The molecule has 0 heterocycles. The molecule has 1 aromatic carbocycles. The molecule has 0 amide bonds. The molecule has 0 saturated carbocycles. The first kappa shape index (κ1) is 25.6. The first-order chi connectivity index (χ1) is 12.8. The van der Waals surface area contributed by atoms with E-state index in [1.54, 1.807) is 13.0 Å². The molecule has 0 spiro atoms. The zero-order valence-corrected chi connectivity index (χ0v) is 17.9. The van der Waals surface area contributed by atoms with Crippen LogP contribution in [0, 0.1) is 5.92 Å². The molecule has 0 aliphatic heterocycles. The normalized spacial score (nSPS) is 14.0. The van der Waals surface area contributed by atoms with Crippen LogP contribution in [-0.4, -0.2) is 33.5 Å². The van der Waals surface area contributed by atoms with Gasteiger partial charge in [0.25, 0.3) is 0 Å². The average Bonchev–Trinajstić information content (AvgIpc) is 2.65. The highest BCUT2D eigenvalue weighted by Crippen LogP contribution is 2.20. The minimum absolute atomic E-state index is 0.0463. The van der Waals surface area contributed by atoms with E-state index in [9.17, 15) is 15.0 Å². The number of aromatic carboxylic acids is 1. The standard InChI is InChI=1S/C15H22O2.C8H18O2/c1-3-5-8-12-9-7-11-14(15(16)17)13(12)10-6-4-2;1-4-7(6(3)9)8(10)5-2/h7,9,11H,3-6,8,10H2,1-2H3,(H,16,17);6-10H,4-5H2,1-3H3. The van der Waals surface area contributed by atoms with E-state index >= 15 is 0 Å². The number of carboxylic acid groups (broad SMARTS) is 1. The third-order valence-corrected chi connectivity index (χ3v) is 5.09. The molecule has 0 aromatic heterocycles. The fourth-order valence-electron chi connectivity index (χ4n) is 3.32. The van der Waals surface area contributed by atoms with E-state index < -0.39 is 5.97 Å². The van der Waals surface area contributed by atoms with Gasteiger partial charge in [0.15, 0.2) is 0 Å². The predicted molar refractivity (Wildman–Crippen MR) is 112 cm³/mol. The van der Waals surface area contributed by atoms with Crippen molar-refractivity contribution in [2.75, 3.05) is 0 Å². The van der Waals surface area contributed by atoms with Crippen LogP contribution in [0.5, 0.6) is 0 Å². The van der Waals surface area contributed by atoms with Crippen molar-refractivity contribution in [3.63, 3.8) is 0 Å².